The van der Waals surface area contributed by atoms with Crippen LogP contribution in [-0.2, 0) is 17.3 Å². The Balaban J connectivity index is 1.89. The van der Waals surface area contributed by atoms with Gasteiger partial charge in [0.05, 0.1) is 19.3 Å². The van der Waals surface area contributed by atoms with Crippen LogP contribution >= 0.6 is 0 Å². The number of aliphatic hydroxyl groups excluding tert-OH is 3. The largest absolute Gasteiger partial charge is 0.497 e. The predicted molar refractivity (Wildman–Crippen MR) is 92.7 cm³/mol. The van der Waals surface area contributed by atoms with Gasteiger partial charge >= 0.3 is 6.18 Å². The molecular formula is C18H20F4N2O6. The van der Waals surface area contributed by atoms with Crippen LogP contribution in [0.5, 0.6) is 11.6 Å². The fourth-order valence-corrected chi connectivity index (χ4v) is 3.04. The molecule has 0 radical (unpaired) electrons. The van der Waals surface area contributed by atoms with Crippen LogP contribution in [0.15, 0.2) is 24.3 Å². The maximum Gasteiger partial charge on any atom is 0.433 e. The molecule has 1 aromatic heterocycles. The maximum absolute atomic E-state index is 13.9. The molecule has 1 fully saturated rings. The van der Waals surface area contributed by atoms with E-state index in [0.29, 0.717) is 11.3 Å². The number of rotatable bonds is 6. The van der Waals surface area contributed by atoms with E-state index in [-0.39, 0.29) is 12.0 Å². The van der Waals surface area contributed by atoms with Crippen molar-refractivity contribution < 1.29 is 47.1 Å². The molecule has 166 valence electrons. The summed E-state index contributed by atoms with van der Waals surface area (Å²) in [5.41, 5.74) is -1.06. The van der Waals surface area contributed by atoms with E-state index in [9.17, 15) is 27.8 Å². The molecule has 4 N–H and O–H groups in total. The topological polar surface area (TPSA) is 117 Å². The molecule has 0 amide bonds. The van der Waals surface area contributed by atoms with Crippen LogP contribution in [0.4, 0.5) is 17.6 Å². The normalized spacial score (nSPS) is 27.1. The number of methoxy groups -OCH3 is 1. The van der Waals surface area contributed by atoms with E-state index in [0.717, 1.165) is 0 Å². The van der Waals surface area contributed by atoms with Gasteiger partial charge in [-0.1, -0.05) is 12.1 Å². The summed E-state index contributed by atoms with van der Waals surface area (Å²) >= 11 is 0. The first-order valence-electron chi connectivity index (χ1n) is 8.86. The Hall–Kier alpha value is -2.41. The van der Waals surface area contributed by atoms with Crippen LogP contribution < -0.4 is 9.47 Å². The summed E-state index contributed by atoms with van der Waals surface area (Å²) in [5, 5.41) is 34.3. The van der Waals surface area contributed by atoms with Gasteiger partial charge in [-0.2, -0.15) is 13.2 Å². The molecule has 1 aliphatic rings. The summed E-state index contributed by atoms with van der Waals surface area (Å²) in [6.07, 6.45) is -14.3. The molecule has 3 rings (SSSR count). The molecule has 30 heavy (non-hydrogen) atoms. The molecule has 0 saturated carbocycles. The fraction of sp³-hybridized carbons (Fsp3) is 0.500. The third kappa shape index (κ3) is 4.51. The second kappa shape index (κ2) is 8.76. The summed E-state index contributed by atoms with van der Waals surface area (Å²) in [7, 11) is 1.45. The van der Waals surface area contributed by atoms with Crippen molar-refractivity contribution in [2.75, 3.05) is 13.7 Å². The van der Waals surface area contributed by atoms with Gasteiger partial charge in [-0.3, -0.25) is 5.10 Å². The van der Waals surface area contributed by atoms with Crippen molar-refractivity contribution in [1.82, 2.24) is 10.2 Å². The number of aliphatic hydroxyl groups is 3. The molecule has 1 unspecified atom stereocenters. The second-order valence-electron chi connectivity index (χ2n) is 6.67. The molecule has 12 heteroatoms. The van der Waals surface area contributed by atoms with Crippen molar-refractivity contribution in [3.05, 3.63) is 41.1 Å². The van der Waals surface area contributed by atoms with Crippen LogP contribution in [0, 0.1) is 0 Å². The number of aromatic amines is 1. The number of nitrogens with one attached hydrogen (secondary N) is 1. The summed E-state index contributed by atoms with van der Waals surface area (Å²) in [6.45, 7) is -0.835. The van der Waals surface area contributed by atoms with Crippen molar-refractivity contribution in [1.29, 1.82) is 0 Å². The maximum atomic E-state index is 13.9. The van der Waals surface area contributed by atoms with Crippen LogP contribution in [0.1, 0.15) is 16.8 Å². The molecule has 1 aliphatic heterocycles. The molecule has 0 bridgehead atoms. The van der Waals surface area contributed by atoms with Crippen molar-refractivity contribution in [2.45, 2.75) is 43.4 Å². The molecule has 1 saturated heterocycles. The number of aromatic nitrogens is 2. The number of benzene rings is 1. The monoisotopic (exact) mass is 436 g/mol. The Morgan fingerprint density at radius 2 is 1.83 bits per heavy atom. The Morgan fingerprint density at radius 3 is 2.40 bits per heavy atom. The first-order valence-corrected chi connectivity index (χ1v) is 8.86. The van der Waals surface area contributed by atoms with Gasteiger partial charge in [-0.25, -0.2) is 4.39 Å². The van der Waals surface area contributed by atoms with Gasteiger partial charge in [0.25, 0.3) is 0 Å². The number of nitrogens with zero attached hydrogens (tertiary/aromatic N) is 1. The van der Waals surface area contributed by atoms with Gasteiger partial charge in [0.2, 0.25) is 12.2 Å². The average Bonchev–Trinajstić information content (AvgIpc) is 3.11. The standard InChI is InChI=1S/C18H20F4N2O6/c1-28-9-4-2-8(3-5-9)6-10-15(18(20,21)22)23-24-16(10)30-17-14(27)13(26)12(19)11(7-25)29-17/h2-5,11-14,17,25-27H,6-7H2,1H3,(H,23,24)/t11?,12-,13+,14-,17+/m1/s1. The lowest BCUT2D eigenvalue weighted by molar-refractivity contribution is -0.265. The van der Waals surface area contributed by atoms with Crippen molar-refractivity contribution in [3.63, 3.8) is 0 Å². The van der Waals surface area contributed by atoms with E-state index in [1.165, 1.54) is 7.11 Å². The SMILES string of the molecule is COc1ccc(Cc2c(O[C@@H]3OC(CO)[C@@H](F)[C@H](O)[C@H]3O)n[nH]c2C(F)(F)F)cc1. The second-order valence-corrected chi connectivity index (χ2v) is 6.67. The predicted octanol–water partition coefficient (Wildman–Crippen LogP) is 1.18. The summed E-state index contributed by atoms with van der Waals surface area (Å²) in [4.78, 5) is 0. The van der Waals surface area contributed by atoms with Crippen molar-refractivity contribution >= 4 is 0 Å². The third-order valence-electron chi connectivity index (χ3n) is 4.68. The van der Waals surface area contributed by atoms with E-state index in [2.05, 4.69) is 5.10 Å². The van der Waals surface area contributed by atoms with Gasteiger partial charge in [-0.15, -0.1) is 5.10 Å². The van der Waals surface area contributed by atoms with Crippen molar-refractivity contribution in [2.24, 2.45) is 0 Å². The smallest absolute Gasteiger partial charge is 0.433 e. The molecule has 2 heterocycles. The van der Waals surface area contributed by atoms with Gasteiger partial charge in [0.15, 0.2) is 6.17 Å². The number of ether oxygens (including phenoxy) is 3. The number of H-pyrrole nitrogens is 1. The minimum Gasteiger partial charge on any atom is -0.497 e. The van der Waals surface area contributed by atoms with E-state index < -0.39 is 55.1 Å². The first-order chi connectivity index (χ1) is 14.2. The lowest BCUT2D eigenvalue weighted by Crippen LogP contribution is -2.58. The highest BCUT2D eigenvalue weighted by molar-refractivity contribution is 5.39. The Kier molecular flexibility index (Phi) is 6.50. The number of halogens is 4. The number of alkyl halides is 4. The first kappa shape index (κ1) is 22.3. The zero-order chi connectivity index (χ0) is 22.1. The van der Waals surface area contributed by atoms with Gasteiger partial charge in [-0.05, 0) is 17.7 Å². The van der Waals surface area contributed by atoms with Crippen LogP contribution in [0.25, 0.3) is 0 Å². The lowest BCUT2D eigenvalue weighted by atomic mass is 10.0. The van der Waals surface area contributed by atoms with E-state index >= 15 is 0 Å². The fourth-order valence-electron chi connectivity index (χ4n) is 3.04. The zero-order valence-electron chi connectivity index (χ0n) is 15.6. The highest BCUT2D eigenvalue weighted by Crippen LogP contribution is 2.37. The molecule has 8 nitrogen and oxygen atoms in total. The molecule has 0 aliphatic carbocycles. The van der Waals surface area contributed by atoms with E-state index in [4.69, 9.17) is 19.3 Å². The minimum absolute atomic E-state index is 0.245. The van der Waals surface area contributed by atoms with Crippen LogP contribution in [0.3, 0.4) is 0 Å². The molecular weight excluding hydrogens is 416 g/mol. The number of hydrogen-bond acceptors (Lipinski definition) is 7. The zero-order valence-corrected chi connectivity index (χ0v) is 15.6. The summed E-state index contributed by atoms with van der Waals surface area (Å²) < 4.78 is 69.5. The van der Waals surface area contributed by atoms with E-state index in [1.54, 1.807) is 24.3 Å². The Labute approximate surface area is 168 Å². The average molecular weight is 436 g/mol. The summed E-state index contributed by atoms with van der Waals surface area (Å²) in [6, 6.07) is 6.25. The molecule has 5 atom stereocenters. The lowest BCUT2D eigenvalue weighted by Gasteiger charge is -2.38. The van der Waals surface area contributed by atoms with Gasteiger partial charge < -0.3 is 29.5 Å². The Bertz CT molecular complexity index is 842. The van der Waals surface area contributed by atoms with Crippen molar-refractivity contribution in [3.8, 4) is 11.6 Å². The van der Waals surface area contributed by atoms with Crippen LogP contribution in [-0.4, -0.2) is 70.0 Å². The highest BCUT2D eigenvalue weighted by atomic mass is 19.4. The quantitative estimate of drug-likeness (QED) is 0.503. The van der Waals surface area contributed by atoms with Gasteiger partial charge in [0.1, 0.15) is 29.8 Å². The van der Waals surface area contributed by atoms with E-state index in [1.807, 2.05) is 5.10 Å². The molecule has 2 aromatic rings. The highest BCUT2D eigenvalue weighted by Gasteiger charge is 2.47. The van der Waals surface area contributed by atoms with Crippen LogP contribution in [0.2, 0.25) is 0 Å². The van der Waals surface area contributed by atoms with Gasteiger partial charge in [0, 0.05) is 6.42 Å². The number of hydrogen-bond donors (Lipinski definition) is 4. The summed E-state index contributed by atoms with van der Waals surface area (Å²) in [5.74, 6) is -0.0228. The Morgan fingerprint density at radius 1 is 1.17 bits per heavy atom. The third-order valence-corrected chi connectivity index (χ3v) is 4.68. The molecule has 1 aromatic carbocycles. The minimum atomic E-state index is -4.78. The molecule has 0 spiro atoms.